The monoisotopic (exact) mass is 396 g/mol. The van der Waals surface area contributed by atoms with Gasteiger partial charge in [0.05, 0.1) is 29.8 Å². The Morgan fingerprint density at radius 2 is 1.83 bits per heavy atom. The number of aliphatic hydroxyl groups excluding tert-OH is 1. The van der Waals surface area contributed by atoms with E-state index in [2.05, 4.69) is 0 Å². The van der Waals surface area contributed by atoms with Gasteiger partial charge in [-0.15, -0.1) is 0 Å². The molecule has 1 amide bonds. The van der Waals surface area contributed by atoms with E-state index in [0.29, 0.717) is 16.9 Å². The van der Waals surface area contributed by atoms with Crippen molar-refractivity contribution in [1.29, 1.82) is 5.26 Å². The van der Waals surface area contributed by atoms with E-state index in [1.54, 1.807) is 70.3 Å². The van der Waals surface area contributed by atoms with Crippen LogP contribution in [0.3, 0.4) is 0 Å². The third-order valence-corrected chi connectivity index (χ3v) is 3.85. The molecule has 0 bridgehead atoms. The van der Waals surface area contributed by atoms with E-state index in [1.165, 1.54) is 11.0 Å². The Bertz CT molecular complexity index is 910. The van der Waals surface area contributed by atoms with Crippen molar-refractivity contribution in [2.45, 2.75) is 32.5 Å². The normalized spacial score (nSPS) is 11.9. The number of hydrogen-bond acceptors (Lipinski definition) is 6. The first-order valence-electron chi connectivity index (χ1n) is 9.03. The second kappa shape index (κ2) is 9.22. The van der Waals surface area contributed by atoms with Crippen LogP contribution >= 0.6 is 0 Å². The van der Waals surface area contributed by atoms with Crippen LogP contribution in [-0.2, 0) is 4.74 Å². The quantitative estimate of drug-likeness (QED) is 0.611. The number of carbonyl (C=O) groups is 2. The van der Waals surface area contributed by atoms with Crippen molar-refractivity contribution in [2.75, 3.05) is 13.6 Å². The lowest BCUT2D eigenvalue weighted by atomic mass is 10.1. The minimum Gasteiger partial charge on any atom is -0.444 e. The summed E-state index contributed by atoms with van der Waals surface area (Å²) < 4.78 is 10.6. The fourth-order valence-corrected chi connectivity index (χ4v) is 2.42. The van der Waals surface area contributed by atoms with E-state index in [0.717, 1.165) is 0 Å². The van der Waals surface area contributed by atoms with Gasteiger partial charge in [0.25, 0.3) is 0 Å². The molecule has 2 aromatic carbocycles. The molecule has 1 unspecified atom stereocenters. The van der Waals surface area contributed by atoms with E-state index in [1.807, 2.05) is 6.07 Å². The molecule has 0 radical (unpaired) electrons. The number of nitrogens with zero attached hydrogens (tertiary/aromatic N) is 2. The van der Waals surface area contributed by atoms with E-state index in [-0.39, 0.29) is 12.1 Å². The predicted octanol–water partition coefficient (Wildman–Crippen LogP) is 3.68. The Labute approximate surface area is 170 Å². The maximum Gasteiger partial charge on any atom is 0.410 e. The van der Waals surface area contributed by atoms with Gasteiger partial charge in [0, 0.05) is 7.05 Å². The van der Waals surface area contributed by atoms with Crippen LogP contribution in [0, 0.1) is 11.3 Å². The summed E-state index contributed by atoms with van der Waals surface area (Å²) in [6, 6.07) is 14.5. The number of aliphatic hydroxyl groups is 1. The molecule has 0 fully saturated rings. The van der Waals surface area contributed by atoms with E-state index in [4.69, 9.17) is 14.7 Å². The molecule has 0 saturated heterocycles. The molecule has 0 aliphatic rings. The molecule has 0 saturated carbocycles. The van der Waals surface area contributed by atoms with Gasteiger partial charge in [0.15, 0.2) is 0 Å². The Hall–Kier alpha value is -3.37. The molecule has 2 rings (SSSR count). The highest BCUT2D eigenvalue weighted by Crippen LogP contribution is 2.20. The van der Waals surface area contributed by atoms with Crippen LogP contribution in [0.4, 0.5) is 4.79 Å². The number of amides is 1. The summed E-state index contributed by atoms with van der Waals surface area (Å²) in [5.41, 5.74) is 0.583. The van der Waals surface area contributed by atoms with Gasteiger partial charge in [-0.2, -0.15) is 5.26 Å². The van der Waals surface area contributed by atoms with Crippen molar-refractivity contribution in [3.05, 3.63) is 65.2 Å². The molecule has 0 aliphatic heterocycles. The lowest BCUT2D eigenvalue weighted by Crippen LogP contribution is -2.36. The van der Waals surface area contributed by atoms with Gasteiger partial charge in [-0.25, -0.2) is 9.59 Å². The first-order valence-corrected chi connectivity index (χ1v) is 9.03. The smallest absolute Gasteiger partial charge is 0.410 e. The summed E-state index contributed by atoms with van der Waals surface area (Å²) in [4.78, 5) is 25.5. The molecule has 1 N–H and O–H groups in total. The van der Waals surface area contributed by atoms with Gasteiger partial charge in [-0.3, -0.25) is 0 Å². The topological polar surface area (TPSA) is 99.9 Å². The van der Waals surface area contributed by atoms with E-state index < -0.39 is 23.8 Å². The van der Waals surface area contributed by atoms with Crippen LogP contribution in [0.2, 0.25) is 0 Å². The minimum absolute atomic E-state index is 0.0506. The molecule has 7 heteroatoms. The summed E-state index contributed by atoms with van der Waals surface area (Å²) in [6.45, 7) is 5.36. The molecule has 0 spiro atoms. The van der Waals surface area contributed by atoms with Crippen LogP contribution in [0.5, 0.6) is 5.75 Å². The summed E-state index contributed by atoms with van der Waals surface area (Å²) in [7, 11) is 1.54. The third kappa shape index (κ3) is 6.63. The summed E-state index contributed by atoms with van der Waals surface area (Å²) in [6.07, 6.45) is -1.45. The summed E-state index contributed by atoms with van der Waals surface area (Å²) >= 11 is 0. The van der Waals surface area contributed by atoms with E-state index in [9.17, 15) is 14.7 Å². The van der Waals surface area contributed by atoms with Gasteiger partial charge >= 0.3 is 12.1 Å². The van der Waals surface area contributed by atoms with Crippen LogP contribution in [0.25, 0.3) is 0 Å². The van der Waals surface area contributed by atoms with Gasteiger partial charge in [-0.1, -0.05) is 18.2 Å². The Kier molecular flexibility index (Phi) is 6.97. The molecule has 0 aromatic heterocycles. The highest BCUT2D eigenvalue weighted by molar-refractivity contribution is 5.91. The molecule has 7 nitrogen and oxygen atoms in total. The highest BCUT2D eigenvalue weighted by atomic mass is 16.6. The molecule has 1 atom stereocenters. The Balaban J connectivity index is 1.97. The van der Waals surface area contributed by atoms with Gasteiger partial charge in [-0.05, 0) is 56.7 Å². The Morgan fingerprint density at radius 1 is 1.17 bits per heavy atom. The zero-order valence-corrected chi connectivity index (χ0v) is 16.9. The summed E-state index contributed by atoms with van der Waals surface area (Å²) in [5, 5.41) is 19.3. The van der Waals surface area contributed by atoms with Crippen molar-refractivity contribution in [1.82, 2.24) is 4.90 Å². The summed E-state index contributed by atoms with van der Waals surface area (Å²) in [5.74, 6) is -0.283. The van der Waals surface area contributed by atoms with Crippen molar-refractivity contribution < 1.29 is 24.2 Å². The standard InChI is InChI=1S/C22H24N2O5/c1-22(2,3)29-21(27)24(4)14-19(25)16-8-10-18(11-9-16)28-20(26)17-7-5-6-15(12-17)13-23/h5-12,19,25H,14H2,1-4H3. The predicted molar refractivity (Wildman–Crippen MR) is 106 cm³/mol. The second-order valence-electron chi connectivity index (χ2n) is 7.53. The van der Waals surface area contributed by atoms with Gasteiger partial charge < -0.3 is 19.5 Å². The molecular formula is C22H24N2O5. The highest BCUT2D eigenvalue weighted by Gasteiger charge is 2.22. The van der Waals surface area contributed by atoms with Crippen LogP contribution < -0.4 is 4.74 Å². The number of carbonyl (C=O) groups excluding carboxylic acids is 2. The van der Waals surface area contributed by atoms with Crippen molar-refractivity contribution in [2.24, 2.45) is 0 Å². The minimum atomic E-state index is -0.926. The molecule has 29 heavy (non-hydrogen) atoms. The molecule has 0 aliphatic carbocycles. The number of rotatable bonds is 5. The molecule has 152 valence electrons. The van der Waals surface area contributed by atoms with Gasteiger partial charge in [0.1, 0.15) is 11.4 Å². The fraction of sp³-hybridized carbons (Fsp3) is 0.318. The van der Waals surface area contributed by atoms with Crippen LogP contribution in [-0.4, -0.2) is 41.3 Å². The zero-order chi connectivity index (χ0) is 21.6. The largest absolute Gasteiger partial charge is 0.444 e. The molecule has 0 heterocycles. The van der Waals surface area contributed by atoms with Gasteiger partial charge in [0.2, 0.25) is 0 Å². The molecular weight excluding hydrogens is 372 g/mol. The zero-order valence-electron chi connectivity index (χ0n) is 16.9. The fourth-order valence-electron chi connectivity index (χ4n) is 2.42. The number of benzene rings is 2. The first kappa shape index (κ1) is 21.9. The number of hydrogen-bond donors (Lipinski definition) is 1. The third-order valence-electron chi connectivity index (χ3n) is 3.85. The number of ether oxygens (including phenoxy) is 2. The number of likely N-dealkylation sites (N-methyl/N-ethyl adjacent to an activating group) is 1. The van der Waals surface area contributed by atoms with E-state index >= 15 is 0 Å². The average molecular weight is 396 g/mol. The lowest BCUT2D eigenvalue weighted by molar-refractivity contribution is 0.0205. The maximum atomic E-state index is 12.2. The van der Waals surface area contributed by atoms with Crippen molar-refractivity contribution in [3.8, 4) is 11.8 Å². The SMILES string of the molecule is CN(CC(O)c1ccc(OC(=O)c2cccc(C#N)c2)cc1)C(=O)OC(C)(C)C. The first-order chi connectivity index (χ1) is 13.6. The van der Waals surface area contributed by atoms with Crippen molar-refractivity contribution >= 4 is 12.1 Å². The maximum absolute atomic E-state index is 12.2. The number of esters is 1. The van der Waals surface area contributed by atoms with Crippen molar-refractivity contribution in [3.63, 3.8) is 0 Å². The Morgan fingerprint density at radius 3 is 2.41 bits per heavy atom. The average Bonchev–Trinajstić information content (AvgIpc) is 2.67. The molecule has 2 aromatic rings. The number of nitriles is 1. The van der Waals surface area contributed by atoms with Crippen LogP contribution in [0.15, 0.2) is 48.5 Å². The second-order valence-corrected chi connectivity index (χ2v) is 7.53. The lowest BCUT2D eigenvalue weighted by Gasteiger charge is -2.26. The van der Waals surface area contributed by atoms with Crippen LogP contribution in [0.1, 0.15) is 48.4 Å².